The molecular weight excluding hydrogens is 693 g/mol. The van der Waals surface area contributed by atoms with E-state index < -0.39 is 40.9 Å². The number of halogens is 5. The Hall–Kier alpha value is -4.72. The Morgan fingerprint density at radius 2 is 1.72 bits per heavy atom. The zero-order valence-electron chi connectivity index (χ0n) is 29.3. The molecule has 0 spiro atoms. The second kappa shape index (κ2) is 13.9. The van der Waals surface area contributed by atoms with E-state index >= 15 is 8.78 Å². The number of para-hydroxylation sites is 2. The fourth-order valence-electron chi connectivity index (χ4n) is 8.49. The topological polar surface area (TPSA) is 85.7 Å². The van der Waals surface area contributed by atoms with Crippen molar-refractivity contribution in [2.75, 3.05) is 44.6 Å². The van der Waals surface area contributed by atoms with Crippen LogP contribution in [0.15, 0.2) is 60.7 Å². The number of urea groups is 2. The molecule has 2 saturated heterocycles. The molecule has 4 aromatic rings. The van der Waals surface area contributed by atoms with Gasteiger partial charge in [-0.1, -0.05) is 30.3 Å². The molecule has 1 aromatic heterocycles. The van der Waals surface area contributed by atoms with Crippen molar-refractivity contribution in [1.29, 1.82) is 0 Å². The number of likely N-dealkylation sites (tertiary alicyclic amines) is 2. The van der Waals surface area contributed by atoms with Gasteiger partial charge in [0.05, 0.1) is 28.2 Å². The Kier molecular flexibility index (Phi) is 9.28. The van der Waals surface area contributed by atoms with Gasteiger partial charge in [-0.15, -0.1) is 0 Å². The zero-order valence-corrected chi connectivity index (χ0v) is 29.3. The molecule has 14 heteroatoms. The van der Waals surface area contributed by atoms with Crippen molar-refractivity contribution in [2.24, 2.45) is 0 Å². The van der Waals surface area contributed by atoms with Gasteiger partial charge in [-0.05, 0) is 106 Å². The largest absolute Gasteiger partial charge is 0.416 e. The van der Waals surface area contributed by atoms with Crippen LogP contribution in [0.1, 0.15) is 71.8 Å². The molecule has 3 aromatic carbocycles. The molecule has 4 aliphatic rings. The number of amides is 4. The maximum Gasteiger partial charge on any atom is 0.416 e. The molecule has 4 aliphatic heterocycles. The first-order valence-electron chi connectivity index (χ1n) is 18.5. The van der Waals surface area contributed by atoms with Crippen LogP contribution in [0.25, 0.3) is 11.0 Å². The van der Waals surface area contributed by atoms with E-state index in [2.05, 4.69) is 15.5 Å². The fraction of sp³-hybridized carbons (Fsp3) is 0.462. The molecule has 53 heavy (non-hydrogen) atoms. The third kappa shape index (κ3) is 6.93. The molecule has 0 saturated carbocycles. The number of alkyl halides is 5. The molecule has 280 valence electrons. The molecule has 0 radical (unpaired) electrons. The van der Waals surface area contributed by atoms with Crippen molar-refractivity contribution in [3.8, 4) is 0 Å². The molecule has 1 atom stereocenters. The lowest BCUT2D eigenvalue weighted by molar-refractivity contribution is -0.137. The Labute approximate surface area is 304 Å². The number of anilines is 1. The van der Waals surface area contributed by atoms with Crippen LogP contribution in [0.5, 0.6) is 0 Å². The van der Waals surface area contributed by atoms with Crippen LogP contribution in [-0.2, 0) is 31.5 Å². The summed E-state index contributed by atoms with van der Waals surface area (Å²) in [6.45, 7) is 4.50. The van der Waals surface area contributed by atoms with Crippen molar-refractivity contribution in [3.63, 3.8) is 0 Å². The Morgan fingerprint density at radius 1 is 0.943 bits per heavy atom. The summed E-state index contributed by atoms with van der Waals surface area (Å²) in [6, 6.07) is 13.1. The van der Waals surface area contributed by atoms with E-state index in [0.717, 1.165) is 55.9 Å². The number of piperidine rings is 1. The van der Waals surface area contributed by atoms with Crippen molar-refractivity contribution in [2.45, 2.75) is 75.7 Å². The highest BCUT2D eigenvalue weighted by molar-refractivity contribution is 5.91. The zero-order chi connectivity index (χ0) is 36.9. The summed E-state index contributed by atoms with van der Waals surface area (Å²) in [4.78, 5) is 37.8. The number of imidazole rings is 1. The van der Waals surface area contributed by atoms with Gasteiger partial charge < -0.3 is 29.9 Å². The maximum absolute atomic E-state index is 16.3. The van der Waals surface area contributed by atoms with E-state index in [0.29, 0.717) is 69.3 Å². The highest BCUT2D eigenvalue weighted by Gasteiger charge is 2.42. The van der Waals surface area contributed by atoms with E-state index in [1.54, 1.807) is 11.0 Å². The first-order valence-corrected chi connectivity index (χ1v) is 18.5. The van der Waals surface area contributed by atoms with Crippen LogP contribution < -0.4 is 10.6 Å². The quantitative estimate of drug-likeness (QED) is 0.201. The van der Waals surface area contributed by atoms with Crippen molar-refractivity contribution < 1.29 is 31.5 Å². The molecule has 4 bridgehead atoms. The van der Waals surface area contributed by atoms with Crippen LogP contribution >= 0.6 is 0 Å². The lowest BCUT2D eigenvalue weighted by atomic mass is 9.93. The first-order chi connectivity index (χ1) is 25.5. The fourth-order valence-corrected chi connectivity index (χ4v) is 8.49. The summed E-state index contributed by atoms with van der Waals surface area (Å²) < 4.78 is 76.8. The summed E-state index contributed by atoms with van der Waals surface area (Å²) in [5, 5.41) is 6.07. The Balaban J connectivity index is 1.08. The molecular formula is C39H42F5N7O2. The average molecular weight is 736 g/mol. The molecule has 1 unspecified atom stereocenters. The smallest absolute Gasteiger partial charge is 0.328 e. The molecule has 0 aliphatic carbocycles. The normalized spacial score (nSPS) is 20.7. The number of carbonyl (C=O) groups excluding carboxylic acids is 2. The van der Waals surface area contributed by atoms with Crippen molar-refractivity contribution in [3.05, 3.63) is 94.3 Å². The number of aromatic nitrogens is 2. The minimum absolute atomic E-state index is 0.00692. The molecule has 2 fully saturated rings. The molecule has 8 rings (SSSR count). The van der Waals surface area contributed by atoms with Crippen LogP contribution in [0.4, 0.5) is 37.2 Å². The number of nitrogens with zero attached hydrogens (tertiary/aromatic N) is 5. The summed E-state index contributed by atoms with van der Waals surface area (Å²) in [6.07, 6.45) is -0.269. The lowest BCUT2D eigenvalue weighted by Crippen LogP contribution is -2.52. The van der Waals surface area contributed by atoms with Gasteiger partial charge in [0.25, 0.3) is 0 Å². The second-order valence-corrected chi connectivity index (χ2v) is 14.6. The standard InChI is InChI=1S/C39H42F5N7O2/c40-38(41)27-21-25(22-28(24-27)39(42,43)44)23-32(35-47-34-30(38)8-5-10-33(34)51(35)17-6-16-48-14-3-4-15-48)46-36(52)49-18-12-29(13-19-49)50-20-11-26-7-1-2-9-31(26)45-37(50)53/h1-2,5,7-10,21-22,24,29,32H,3-4,6,11-20,23H2,(H,45,53)(H,46,52). The number of carbonyl (C=O) groups is 2. The number of aryl methyl sites for hydroxylation is 1. The monoisotopic (exact) mass is 735 g/mol. The molecule has 5 heterocycles. The van der Waals surface area contributed by atoms with E-state index in [1.165, 1.54) is 12.1 Å². The Morgan fingerprint density at radius 3 is 2.49 bits per heavy atom. The van der Waals surface area contributed by atoms with E-state index in [9.17, 15) is 22.8 Å². The third-order valence-corrected chi connectivity index (χ3v) is 11.3. The van der Waals surface area contributed by atoms with Crippen LogP contribution in [-0.4, -0.2) is 81.6 Å². The minimum Gasteiger partial charge on any atom is -0.328 e. The minimum atomic E-state index is -4.86. The predicted octanol–water partition coefficient (Wildman–Crippen LogP) is 7.54. The maximum atomic E-state index is 16.3. The first kappa shape index (κ1) is 35.3. The van der Waals surface area contributed by atoms with Crippen LogP contribution in [0.3, 0.4) is 0 Å². The van der Waals surface area contributed by atoms with Gasteiger partial charge in [0.1, 0.15) is 5.82 Å². The van der Waals surface area contributed by atoms with Gasteiger partial charge in [-0.25, -0.2) is 14.6 Å². The second-order valence-electron chi connectivity index (χ2n) is 14.6. The van der Waals surface area contributed by atoms with Crippen molar-refractivity contribution in [1.82, 2.24) is 29.6 Å². The summed E-state index contributed by atoms with van der Waals surface area (Å²) in [7, 11) is 0. The summed E-state index contributed by atoms with van der Waals surface area (Å²) in [5.74, 6) is -3.43. The SMILES string of the molecule is O=C(NC1Cc2cc(C(F)(F)F)cc(c2)C(F)(F)c2cccc3c2nc1n3CCCN1CCCC1)N1CCC(N2CCc3ccccc3NC2=O)CC1. The van der Waals surface area contributed by atoms with Crippen LogP contribution in [0, 0.1) is 0 Å². The highest BCUT2D eigenvalue weighted by Crippen LogP contribution is 2.44. The van der Waals surface area contributed by atoms with Crippen LogP contribution in [0.2, 0.25) is 0 Å². The molecule has 4 amide bonds. The number of rotatable bonds is 6. The predicted molar refractivity (Wildman–Crippen MR) is 190 cm³/mol. The molecule has 9 nitrogen and oxygen atoms in total. The third-order valence-electron chi connectivity index (χ3n) is 11.3. The van der Waals surface area contributed by atoms with Gasteiger partial charge in [-0.2, -0.15) is 22.0 Å². The highest BCUT2D eigenvalue weighted by atomic mass is 19.4. The number of fused-ring (bicyclic) bond motifs is 4. The van der Waals surface area contributed by atoms with Gasteiger partial charge >= 0.3 is 24.2 Å². The lowest BCUT2D eigenvalue weighted by Gasteiger charge is -2.38. The van der Waals surface area contributed by atoms with Gasteiger partial charge in [-0.3, -0.25) is 0 Å². The summed E-state index contributed by atoms with van der Waals surface area (Å²) in [5.41, 5.74) is -0.0741. The number of nitrogens with one attached hydrogen (secondary N) is 2. The van der Waals surface area contributed by atoms with E-state index in [-0.39, 0.29) is 29.6 Å². The number of hydrogen-bond donors (Lipinski definition) is 2. The summed E-state index contributed by atoms with van der Waals surface area (Å²) >= 11 is 0. The van der Waals surface area contributed by atoms with Crippen molar-refractivity contribution >= 4 is 28.8 Å². The van der Waals surface area contributed by atoms with Gasteiger partial charge in [0, 0.05) is 43.5 Å². The molecule has 2 N–H and O–H groups in total. The van der Waals surface area contributed by atoms with Gasteiger partial charge in [0.15, 0.2) is 0 Å². The number of hydrogen-bond acceptors (Lipinski definition) is 4. The van der Waals surface area contributed by atoms with E-state index in [4.69, 9.17) is 4.98 Å². The average Bonchev–Trinajstić information content (AvgIpc) is 3.75. The van der Waals surface area contributed by atoms with Gasteiger partial charge in [0.2, 0.25) is 0 Å². The Bertz CT molecular complexity index is 2020. The van der Waals surface area contributed by atoms with E-state index in [1.807, 2.05) is 33.7 Å². The number of benzene rings is 3.